The maximum absolute atomic E-state index is 4.26. The normalized spacial score (nSPS) is 12.4. The van der Waals surface area contributed by atoms with Gasteiger partial charge in [0.05, 0.1) is 0 Å². The minimum absolute atomic E-state index is 0.330. The van der Waals surface area contributed by atoms with Crippen LogP contribution < -0.4 is 5.32 Å². The lowest BCUT2D eigenvalue weighted by Crippen LogP contribution is -2.24. The first-order valence-corrected chi connectivity index (χ1v) is 7.79. The highest BCUT2D eigenvalue weighted by molar-refractivity contribution is 9.10. The topological polar surface area (TPSA) is 24.9 Å². The van der Waals surface area contributed by atoms with Crippen molar-refractivity contribution >= 4 is 15.9 Å². The number of rotatable bonds is 5. The highest BCUT2D eigenvalue weighted by Crippen LogP contribution is 2.23. The van der Waals surface area contributed by atoms with E-state index in [-0.39, 0.29) is 0 Å². The quantitative estimate of drug-likeness (QED) is 0.880. The number of hydrogen-bond acceptors (Lipinski definition) is 2. The summed E-state index contributed by atoms with van der Waals surface area (Å²) in [7, 11) is 0. The van der Waals surface area contributed by atoms with E-state index in [4.69, 9.17) is 0 Å². The van der Waals surface area contributed by atoms with E-state index in [0.717, 1.165) is 17.4 Å². The standard InChI is InChI=1S/C17H21BrN2/c1-4-20-17(9-14-8-15(18)11-19-10-14)16-7-12(2)5-6-13(16)3/h5-8,10-11,17,20H,4,9H2,1-3H3. The maximum atomic E-state index is 4.26. The molecule has 1 unspecified atom stereocenters. The third kappa shape index (κ3) is 3.90. The van der Waals surface area contributed by atoms with E-state index < -0.39 is 0 Å². The zero-order valence-electron chi connectivity index (χ0n) is 12.3. The van der Waals surface area contributed by atoms with Gasteiger partial charge in [0, 0.05) is 22.9 Å². The van der Waals surface area contributed by atoms with E-state index in [1.807, 2.05) is 12.4 Å². The number of hydrogen-bond donors (Lipinski definition) is 1. The molecule has 0 aliphatic carbocycles. The first-order chi connectivity index (χ1) is 9.60. The van der Waals surface area contributed by atoms with Crippen LogP contribution in [0.1, 0.15) is 35.2 Å². The Kier molecular flexibility index (Phi) is 5.32. The lowest BCUT2D eigenvalue weighted by atomic mass is 9.94. The van der Waals surface area contributed by atoms with Crippen LogP contribution in [0.5, 0.6) is 0 Å². The van der Waals surface area contributed by atoms with Crippen molar-refractivity contribution in [2.75, 3.05) is 6.54 Å². The van der Waals surface area contributed by atoms with Crippen LogP contribution in [0, 0.1) is 13.8 Å². The van der Waals surface area contributed by atoms with Gasteiger partial charge in [-0.1, -0.05) is 30.7 Å². The van der Waals surface area contributed by atoms with Gasteiger partial charge in [-0.2, -0.15) is 0 Å². The molecule has 0 spiro atoms. The predicted octanol–water partition coefficient (Wildman–Crippen LogP) is 4.35. The Morgan fingerprint density at radius 2 is 2.00 bits per heavy atom. The van der Waals surface area contributed by atoms with Gasteiger partial charge in [-0.3, -0.25) is 4.98 Å². The number of nitrogens with one attached hydrogen (secondary N) is 1. The van der Waals surface area contributed by atoms with Crippen molar-refractivity contribution < 1.29 is 0 Å². The van der Waals surface area contributed by atoms with Gasteiger partial charge >= 0.3 is 0 Å². The number of pyridine rings is 1. The lowest BCUT2D eigenvalue weighted by molar-refractivity contribution is 0.546. The fraction of sp³-hybridized carbons (Fsp3) is 0.353. The summed E-state index contributed by atoms with van der Waals surface area (Å²) in [5.74, 6) is 0. The van der Waals surface area contributed by atoms with Crippen LogP contribution in [-0.4, -0.2) is 11.5 Å². The second kappa shape index (κ2) is 7.00. The van der Waals surface area contributed by atoms with Crippen molar-refractivity contribution in [3.8, 4) is 0 Å². The molecule has 2 aromatic rings. The average molecular weight is 333 g/mol. The summed E-state index contributed by atoms with van der Waals surface area (Å²) in [5.41, 5.74) is 5.27. The zero-order chi connectivity index (χ0) is 14.5. The molecule has 0 radical (unpaired) electrons. The molecule has 2 rings (SSSR count). The molecule has 0 saturated carbocycles. The molecular formula is C17H21BrN2. The van der Waals surface area contributed by atoms with Crippen molar-refractivity contribution in [2.24, 2.45) is 0 Å². The van der Waals surface area contributed by atoms with Crippen molar-refractivity contribution in [3.05, 3.63) is 63.4 Å². The number of benzene rings is 1. The van der Waals surface area contributed by atoms with Crippen LogP contribution in [0.25, 0.3) is 0 Å². The molecule has 0 saturated heterocycles. The van der Waals surface area contributed by atoms with E-state index >= 15 is 0 Å². The van der Waals surface area contributed by atoms with Crippen molar-refractivity contribution in [1.29, 1.82) is 0 Å². The fourth-order valence-corrected chi connectivity index (χ4v) is 2.89. The average Bonchev–Trinajstić information content (AvgIpc) is 2.41. The Labute approximate surface area is 129 Å². The van der Waals surface area contributed by atoms with Gasteiger partial charge in [-0.15, -0.1) is 0 Å². The second-order valence-corrected chi connectivity index (χ2v) is 6.10. The summed E-state index contributed by atoms with van der Waals surface area (Å²) in [6.07, 6.45) is 4.72. The van der Waals surface area contributed by atoms with Gasteiger partial charge in [-0.05, 0) is 65.5 Å². The van der Waals surface area contributed by atoms with E-state index in [1.54, 1.807) is 0 Å². The van der Waals surface area contributed by atoms with Crippen LogP contribution >= 0.6 is 15.9 Å². The van der Waals surface area contributed by atoms with Gasteiger partial charge in [0.15, 0.2) is 0 Å². The first kappa shape index (κ1) is 15.2. The minimum Gasteiger partial charge on any atom is -0.310 e. The number of halogens is 1. The molecule has 1 N–H and O–H groups in total. The summed E-state index contributed by atoms with van der Waals surface area (Å²) in [5, 5.41) is 3.59. The molecule has 0 aliphatic rings. The van der Waals surface area contributed by atoms with E-state index in [1.165, 1.54) is 22.3 Å². The van der Waals surface area contributed by atoms with Crippen LogP contribution in [0.4, 0.5) is 0 Å². The molecular weight excluding hydrogens is 312 g/mol. The molecule has 1 heterocycles. The summed E-state index contributed by atoms with van der Waals surface area (Å²) < 4.78 is 1.03. The molecule has 106 valence electrons. The van der Waals surface area contributed by atoms with Crippen LogP contribution in [0.15, 0.2) is 41.1 Å². The van der Waals surface area contributed by atoms with Crippen LogP contribution in [0.3, 0.4) is 0 Å². The van der Waals surface area contributed by atoms with Crippen molar-refractivity contribution in [2.45, 2.75) is 33.2 Å². The smallest absolute Gasteiger partial charge is 0.0410 e. The van der Waals surface area contributed by atoms with Crippen LogP contribution in [0.2, 0.25) is 0 Å². The van der Waals surface area contributed by atoms with Gasteiger partial charge in [0.2, 0.25) is 0 Å². The Hall–Kier alpha value is -1.19. The van der Waals surface area contributed by atoms with Gasteiger partial charge in [-0.25, -0.2) is 0 Å². The van der Waals surface area contributed by atoms with E-state index in [9.17, 15) is 0 Å². The molecule has 20 heavy (non-hydrogen) atoms. The predicted molar refractivity (Wildman–Crippen MR) is 88.0 cm³/mol. The Morgan fingerprint density at radius 3 is 2.70 bits per heavy atom. The summed E-state index contributed by atoms with van der Waals surface area (Å²) in [6.45, 7) is 7.43. The lowest BCUT2D eigenvalue weighted by Gasteiger charge is -2.21. The monoisotopic (exact) mass is 332 g/mol. The Morgan fingerprint density at radius 1 is 1.20 bits per heavy atom. The highest BCUT2D eigenvalue weighted by Gasteiger charge is 2.14. The molecule has 1 aromatic carbocycles. The third-order valence-corrected chi connectivity index (χ3v) is 3.90. The van der Waals surface area contributed by atoms with Gasteiger partial charge in [0.25, 0.3) is 0 Å². The summed E-state index contributed by atoms with van der Waals surface area (Å²) in [6, 6.07) is 9.13. The molecule has 0 amide bonds. The van der Waals surface area contributed by atoms with Crippen molar-refractivity contribution in [1.82, 2.24) is 10.3 Å². The summed E-state index contributed by atoms with van der Waals surface area (Å²) in [4.78, 5) is 4.26. The SMILES string of the molecule is CCNC(Cc1cncc(Br)c1)c1cc(C)ccc1C. The van der Waals surface area contributed by atoms with E-state index in [2.05, 4.69) is 71.3 Å². The highest BCUT2D eigenvalue weighted by atomic mass is 79.9. The number of nitrogens with zero attached hydrogens (tertiary/aromatic N) is 1. The van der Waals surface area contributed by atoms with Crippen LogP contribution in [-0.2, 0) is 6.42 Å². The van der Waals surface area contributed by atoms with E-state index in [0.29, 0.717) is 6.04 Å². The molecule has 0 bridgehead atoms. The molecule has 1 aromatic heterocycles. The molecule has 0 aliphatic heterocycles. The molecule has 2 nitrogen and oxygen atoms in total. The summed E-state index contributed by atoms with van der Waals surface area (Å²) >= 11 is 3.49. The second-order valence-electron chi connectivity index (χ2n) is 5.19. The molecule has 0 fully saturated rings. The van der Waals surface area contributed by atoms with Gasteiger partial charge < -0.3 is 5.32 Å². The number of aryl methyl sites for hydroxylation is 2. The largest absolute Gasteiger partial charge is 0.310 e. The number of likely N-dealkylation sites (N-methyl/N-ethyl adjacent to an activating group) is 1. The Bertz CT molecular complexity index is 581. The Balaban J connectivity index is 2.29. The number of aromatic nitrogens is 1. The fourth-order valence-electron chi connectivity index (χ4n) is 2.48. The first-order valence-electron chi connectivity index (χ1n) is 7.00. The molecule has 3 heteroatoms. The minimum atomic E-state index is 0.330. The van der Waals surface area contributed by atoms with Gasteiger partial charge in [0.1, 0.15) is 0 Å². The zero-order valence-corrected chi connectivity index (χ0v) is 13.9. The van der Waals surface area contributed by atoms with Crippen molar-refractivity contribution in [3.63, 3.8) is 0 Å². The maximum Gasteiger partial charge on any atom is 0.0410 e. The molecule has 1 atom stereocenters. The third-order valence-electron chi connectivity index (χ3n) is 3.46.